The second-order valence-corrected chi connectivity index (χ2v) is 4.94. The molecule has 0 aliphatic carbocycles. The Morgan fingerprint density at radius 2 is 2.11 bits per heavy atom. The molecule has 1 heterocycles. The second kappa shape index (κ2) is 6.19. The molecule has 1 aromatic rings. The summed E-state index contributed by atoms with van der Waals surface area (Å²) in [6, 6.07) is 9.63. The summed E-state index contributed by atoms with van der Waals surface area (Å²) in [5.41, 5.74) is 1.57. The van der Waals surface area contributed by atoms with Crippen LogP contribution in [-0.2, 0) is 4.79 Å². The molecule has 98 valence electrons. The number of nitriles is 1. The Hall–Kier alpha value is -2.08. The van der Waals surface area contributed by atoms with Gasteiger partial charge in [-0.1, -0.05) is 12.1 Å². The van der Waals surface area contributed by atoms with Crippen molar-refractivity contribution in [1.29, 1.82) is 5.26 Å². The lowest BCUT2D eigenvalue weighted by atomic mass is 10.0. The van der Waals surface area contributed by atoms with E-state index in [2.05, 4.69) is 13.0 Å². The molecule has 0 saturated carbocycles. The van der Waals surface area contributed by atoms with Gasteiger partial charge in [0.1, 0.15) is 0 Å². The average molecular weight is 254 g/mol. The van der Waals surface area contributed by atoms with Crippen molar-refractivity contribution in [3.05, 3.63) is 41.5 Å². The molecule has 19 heavy (non-hydrogen) atoms. The molecular formula is C16H18N2O. The number of amides is 1. The molecule has 1 saturated heterocycles. The van der Waals surface area contributed by atoms with Crippen LogP contribution in [0.15, 0.2) is 30.3 Å². The normalized spacial score (nSPS) is 19.4. The van der Waals surface area contributed by atoms with E-state index in [1.54, 1.807) is 18.2 Å². The zero-order chi connectivity index (χ0) is 13.7. The van der Waals surface area contributed by atoms with Crippen molar-refractivity contribution >= 4 is 12.0 Å². The summed E-state index contributed by atoms with van der Waals surface area (Å²) in [6.45, 7) is 2.96. The van der Waals surface area contributed by atoms with Crippen LogP contribution in [0.4, 0.5) is 0 Å². The summed E-state index contributed by atoms with van der Waals surface area (Å²) in [4.78, 5) is 14.0. The number of carbonyl (C=O) groups is 1. The van der Waals surface area contributed by atoms with Gasteiger partial charge in [-0.2, -0.15) is 5.26 Å². The van der Waals surface area contributed by atoms with E-state index in [-0.39, 0.29) is 5.91 Å². The summed E-state index contributed by atoms with van der Waals surface area (Å²) in [5.74, 6) is 0.0801. The molecule has 1 aromatic carbocycles. The monoisotopic (exact) mass is 254 g/mol. The smallest absolute Gasteiger partial charge is 0.246 e. The summed E-state index contributed by atoms with van der Waals surface area (Å²) in [5, 5.41) is 8.72. The third-order valence-corrected chi connectivity index (χ3v) is 3.54. The Labute approximate surface area is 114 Å². The maximum absolute atomic E-state index is 12.1. The lowest BCUT2D eigenvalue weighted by molar-refractivity contribution is -0.129. The Morgan fingerprint density at radius 3 is 2.74 bits per heavy atom. The minimum atomic E-state index is 0.0801. The van der Waals surface area contributed by atoms with E-state index in [1.165, 1.54) is 6.42 Å². The van der Waals surface area contributed by atoms with Crippen LogP contribution < -0.4 is 0 Å². The highest BCUT2D eigenvalue weighted by Crippen LogP contribution is 2.17. The van der Waals surface area contributed by atoms with E-state index in [0.717, 1.165) is 24.9 Å². The van der Waals surface area contributed by atoms with Gasteiger partial charge >= 0.3 is 0 Å². The molecule has 1 amide bonds. The fraction of sp³-hybridized carbons (Fsp3) is 0.375. The molecule has 0 spiro atoms. The van der Waals surface area contributed by atoms with Crippen LogP contribution in [0, 0.1) is 11.3 Å². The Morgan fingerprint density at radius 1 is 1.37 bits per heavy atom. The van der Waals surface area contributed by atoms with Crippen LogP contribution in [0.2, 0.25) is 0 Å². The van der Waals surface area contributed by atoms with E-state index >= 15 is 0 Å². The van der Waals surface area contributed by atoms with Gasteiger partial charge in [-0.05, 0) is 50.0 Å². The van der Waals surface area contributed by atoms with Crippen LogP contribution in [0.5, 0.6) is 0 Å². The Kier molecular flexibility index (Phi) is 4.35. The first-order valence-corrected chi connectivity index (χ1v) is 6.69. The van der Waals surface area contributed by atoms with Gasteiger partial charge in [0.15, 0.2) is 0 Å². The predicted molar refractivity (Wildman–Crippen MR) is 75.2 cm³/mol. The average Bonchev–Trinajstić information content (AvgIpc) is 2.46. The molecule has 1 fully saturated rings. The maximum atomic E-state index is 12.1. The van der Waals surface area contributed by atoms with Crippen molar-refractivity contribution in [2.75, 3.05) is 6.54 Å². The third kappa shape index (κ3) is 3.45. The molecule has 2 rings (SSSR count). The number of likely N-dealkylation sites (tertiary alicyclic amines) is 1. The number of hydrogen-bond acceptors (Lipinski definition) is 2. The van der Waals surface area contributed by atoms with Crippen LogP contribution in [0.25, 0.3) is 6.08 Å². The second-order valence-electron chi connectivity index (χ2n) is 4.94. The topological polar surface area (TPSA) is 44.1 Å². The van der Waals surface area contributed by atoms with Gasteiger partial charge < -0.3 is 4.90 Å². The van der Waals surface area contributed by atoms with E-state index in [4.69, 9.17) is 5.26 Å². The van der Waals surface area contributed by atoms with Gasteiger partial charge in [-0.3, -0.25) is 4.79 Å². The summed E-state index contributed by atoms with van der Waals surface area (Å²) >= 11 is 0. The van der Waals surface area contributed by atoms with E-state index in [9.17, 15) is 4.79 Å². The van der Waals surface area contributed by atoms with Gasteiger partial charge in [0.05, 0.1) is 11.6 Å². The highest BCUT2D eigenvalue weighted by molar-refractivity contribution is 5.92. The lowest BCUT2D eigenvalue weighted by Gasteiger charge is -2.32. The zero-order valence-corrected chi connectivity index (χ0v) is 11.2. The molecule has 3 heteroatoms. The van der Waals surface area contributed by atoms with Gasteiger partial charge in [0.2, 0.25) is 5.91 Å². The number of piperidine rings is 1. The number of nitrogens with zero attached hydrogens (tertiary/aromatic N) is 2. The number of rotatable bonds is 2. The lowest BCUT2D eigenvalue weighted by Crippen LogP contribution is -2.41. The van der Waals surface area contributed by atoms with E-state index in [1.807, 2.05) is 23.1 Å². The molecule has 0 aromatic heterocycles. The number of benzene rings is 1. The van der Waals surface area contributed by atoms with Crippen molar-refractivity contribution in [2.45, 2.75) is 32.2 Å². The standard InChI is InChI=1S/C16H18N2O/c1-13-4-2-3-11-18(13)16(19)10-9-14-5-7-15(12-17)8-6-14/h5-10,13H,2-4,11H2,1H3. The molecule has 1 aliphatic rings. The summed E-state index contributed by atoms with van der Waals surface area (Å²) in [7, 11) is 0. The fourth-order valence-corrected chi connectivity index (χ4v) is 2.36. The third-order valence-electron chi connectivity index (χ3n) is 3.54. The molecule has 1 unspecified atom stereocenters. The quantitative estimate of drug-likeness (QED) is 0.761. The van der Waals surface area contributed by atoms with E-state index < -0.39 is 0 Å². The first-order chi connectivity index (χ1) is 9.20. The van der Waals surface area contributed by atoms with Crippen molar-refractivity contribution in [2.24, 2.45) is 0 Å². The summed E-state index contributed by atoms with van der Waals surface area (Å²) < 4.78 is 0. The van der Waals surface area contributed by atoms with Crippen LogP contribution in [-0.4, -0.2) is 23.4 Å². The van der Waals surface area contributed by atoms with Gasteiger partial charge in [-0.25, -0.2) is 0 Å². The fourth-order valence-electron chi connectivity index (χ4n) is 2.36. The first kappa shape index (κ1) is 13.4. The molecule has 0 bridgehead atoms. The highest BCUT2D eigenvalue weighted by atomic mass is 16.2. The molecule has 1 aliphatic heterocycles. The largest absolute Gasteiger partial charge is 0.336 e. The van der Waals surface area contributed by atoms with Gasteiger partial charge in [0.25, 0.3) is 0 Å². The molecular weight excluding hydrogens is 236 g/mol. The highest BCUT2D eigenvalue weighted by Gasteiger charge is 2.20. The van der Waals surface area contributed by atoms with Crippen molar-refractivity contribution in [3.63, 3.8) is 0 Å². The predicted octanol–water partition coefficient (Wildman–Crippen LogP) is 2.97. The minimum Gasteiger partial charge on any atom is -0.336 e. The minimum absolute atomic E-state index is 0.0801. The summed E-state index contributed by atoms with van der Waals surface area (Å²) in [6.07, 6.45) is 6.84. The Balaban J connectivity index is 2.01. The van der Waals surface area contributed by atoms with Crippen molar-refractivity contribution < 1.29 is 4.79 Å². The number of hydrogen-bond donors (Lipinski definition) is 0. The molecule has 0 N–H and O–H groups in total. The molecule has 3 nitrogen and oxygen atoms in total. The van der Waals surface area contributed by atoms with Gasteiger partial charge in [-0.15, -0.1) is 0 Å². The van der Waals surface area contributed by atoms with E-state index in [0.29, 0.717) is 11.6 Å². The Bertz CT molecular complexity index is 511. The first-order valence-electron chi connectivity index (χ1n) is 6.69. The van der Waals surface area contributed by atoms with Crippen LogP contribution in [0.1, 0.15) is 37.3 Å². The molecule has 0 radical (unpaired) electrons. The SMILES string of the molecule is CC1CCCCN1C(=O)C=Cc1ccc(C#N)cc1. The number of carbonyl (C=O) groups excluding carboxylic acids is 1. The van der Waals surface area contributed by atoms with Crippen molar-refractivity contribution in [3.8, 4) is 6.07 Å². The van der Waals surface area contributed by atoms with Crippen LogP contribution in [0.3, 0.4) is 0 Å². The zero-order valence-electron chi connectivity index (χ0n) is 11.2. The maximum Gasteiger partial charge on any atom is 0.246 e. The van der Waals surface area contributed by atoms with Gasteiger partial charge in [0, 0.05) is 18.7 Å². The van der Waals surface area contributed by atoms with Crippen LogP contribution >= 0.6 is 0 Å². The van der Waals surface area contributed by atoms with Crippen molar-refractivity contribution in [1.82, 2.24) is 4.90 Å². The molecule has 1 atom stereocenters.